The summed E-state index contributed by atoms with van der Waals surface area (Å²) in [6, 6.07) is 5.66. The van der Waals surface area contributed by atoms with E-state index >= 15 is 0 Å². The van der Waals surface area contributed by atoms with E-state index in [0.717, 1.165) is 24.9 Å². The van der Waals surface area contributed by atoms with Gasteiger partial charge in [0.25, 0.3) is 0 Å². The molecule has 13 heavy (non-hydrogen) atoms. The molecule has 0 aromatic carbocycles. The fourth-order valence-corrected chi connectivity index (χ4v) is 2.05. The van der Waals surface area contributed by atoms with Gasteiger partial charge in [-0.2, -0.15) is 0 Å². The molecule has 0 saturated carbocycles. The largest absolute Gasteiger partial charge is 0.349 e. The van der Waals surface area contributed by atoms with E-state index < -0.39 is 0 Å². The molecule has 0 radical (unpaired) electrons. The van der Waals surface area contributed by atoms with Crippen molar-refractivity contribution < 1.29 is 0 Å². The number of piperazine rings is 1. The van der Waals surface area contributed by atoms with E-state index in [9.17, 15) is 0 Å². The standard InChI is InChI=1S/C10H13N3/c1-7-2-3-11-10(4-7)13-6-8-9(13)5-12-8/h2-4,8-9,12H,5-6H2,1H3. The average molecular weight is 175 g/mol. The lowest BCUT2D eigenvalue weighted by atomic mass is 9.89. The van der Waals surface area contributed by atoms with Crippen LogP contribution in [0.1, 0.15) is 5.56 Å². The highest BCUT2D eigenvalue weighted by atomic mass is 15.4. The number of nitrogens with one attached hydrogen (secondary N) is 1. The van der Waals surface area contributed by atoms with Crippen LogP contribution in [-0.4, -0.2) is 30.2 Å². The molecule has 1 aromatic rings. The lowest BCUT2D eigenvalue weighted by Crippen LogP contribution is -2.78. The number of rotatable bonds is 1. The van der Waals surface area contributed by atoms with Gasteiger partial charge in [0.2, 0.25) is 0 Å². The Hall–Kier alpha value is -1.09. The molecule has 2 saturated heterocycles. The number of fused-ring (bicyclic) bond motifs is 1. The van der Waals surface area contributed by atoms with Crippen LogP contribution in [0.15, 0.2) is 18.3 Å². The number of aromatic nitrogens is 1. The van der Waals surface area contributed by atoms with Gasteiger partial charge in [-0.25, -0.2) is 4.98 Å². The lowest BCUT2D eigenvalue weighted by molar-refractivity contribution is 0.211. The summed E-state index contributed by atoms with van der Waals surface area (Å²) in [7, 11) is 0. The van der Waals surface area contributed by atoms with Crippen molar-refractivity contribution in [1.82, 2.24) is 10.3 Å². The van der Waals surface area contributed by atoms with Crippen LogP contribution in [0, 0.1) is 6.92 Å². The van der Waals surface area contributed by atoms with Crippen LogP contribution in [-0.2, 0) is 0 Å². The van der Waals surface area contributed by atoms with Gasteiger partial charge in [-0.05, 0) is 24.6 Å². The molecule has 2 atom stereocenters. The molecule has 3 heterocycles. The molecule has 2 aliphatic rings. The van der Waals surface area contributed by atoms with Gasteiger partial charge in [0, 0.05) is 25.3 Å². The Morgan fingerprint density at radius 1 is 1.62 bits per heavy atom. The Kier molecular flexibility index (Phi) is 1.38. The molecule has 3 heteroatoms. The van der Waals surface area contributed by atoms with E-state index in [1.165, 1.54) is 5.56 Å². The van der Waals surface area contributed by atoms with E-state index in [4.69, 9.17) is 0 Å². The molecule has 2 fully saturated rings. The van der Waals surface area contributed by atoms with Crippen molar-refractivity contribution in [2.24, 2.45) is 0 Å². The number of hydrogen-bond donors (Lipinski definition) is 1. The molecule has 1 N–H and O–H groups in total. The molecule has 0 amide bonds. The molecule has 1 aromatic heterocycles. The predicted molar refractivity (Wildman–Crippen MR) is 51.9 cm³/mol. The second-order valence-electron chi connectivity index (χ2n) is 3.93. The number of hydrogen-bond acceptors (Lipinski definition) is 3. The monoisotopic (exact) mass is 175 g/mol. The van der Waals surface area contributed by atoms with Crippen LogP contribution >= 0.6 is 0 Å². The maximum Gasteiger partial charge on any atom is 0.129 e. The fourth-order valence-electron chi connectivity index (χ4n) is 2.05. The minimum atomic E-state index is 0.717. The van der Waals surface area contributed by atoms with Gasteiger partial charge in [-0.1, -0.05) is 0 Å². The minimum absolute atomic E-state index is 0.717. The highest BCUT2D eigenvalue weighted by Crippen LogP contribution is 2.29. The Bertz CT molecular complexity index is 337. The van der Waals surface area contributed by atoms with Crippen molar-refractivity contribution in [3.05, 3.63) is 23.9 Å². The van der Waals surface area contributed by atoms with Gasteiger partial charge in [0.15, 0.2) is 0 Å². The Labute approximate surface area is 77.8 Å². The average Bonchev–Trinajstić information content (AvgIpc) is 2.10. The highest BCUT2D eigenvalue weighted by molar-refractivity contribution is 5.48. The van der Waals surface area contributed by atoms with Crippen LogP contribution in [0.3, 0.4) is 0 Å². The second kappa shape index (κ2) is 2.45. The molecule has 0 aliphatic carbocycles. The summed E-state index contributed by atoms with van der Waals surface area (Å²) in [5.41, 5.74) is 1.29. The van der Waals surface area contributed by atoms with Crippen molar-refractivity contribution in [2.45, 2.75) is 19.0 Å². The van der Waals surface area contributed by atoms with E-state index in [1.807, 2.05) is 12.3 Å². The maximum absolute atomic E-state index is 4.38. The van der Waals surface area contributed by atoms with Crippen LogP contribution in [0.25, 0.3) is 0 Å². The van der Waals surface area contributed by atoms with Crippen molar-refractivity contribution in [2.75, 3.05) is 18.0 Å². The van der Waals surface area contributed by atoms with Crippen molar-refractivity contribution in [1.29, 1.82) is 0 Å². The third kappa shape index (κ3) is 0.968. The quantitative estimate of drug-likeness (QED) is 0.675. The SMILES string of the molecule is Cc1ccnc(N2CC3NCC32)c1. The van der Waals surface area contributed by atoms with Crippen LogP contribution in [0.4, 0.5) is 5.82 Å². The lowest BCUT2D eigenvalue weighted by Gasteiger charge is -2.56. The van der Waals surface area contributed by atoms with E-state index in [1.54, 1.807) is 0 Å². The summed E-state index contributed by atoms with van der Waals surface area (Å²) >= 11 is 0. The summed E-state index contributed by atoms with van der Waals surface area (Å²) < 4.78 is 0. The first kappa shape index (κ1) is 7.33. The zero-order chi connectivity index (χ0) is 8.84. The molecule has 0 spiro atoms. The van der Waals surface area contributed by atoms with Gasteiger partial charge < -0.3 is 10.2 Å². The van der Waals surface area contributed by atoms with E-state index in [-0.39, 0.29) is 0 Å². The molecule has 3 nitrogen and oxygen atoms in total. The summed E-state index contributed by atoms with van der Waals surface area (Å²) in [6.45, 7) is 4.36. The second-order valence-corrected chi connectivity index (χ2v) is 3.93. The van der Waals surface area contributed by atoms with Crippen LogP contribution < -0.4 is 10.2 Å². The number of nitrogens with zero attached hydrogens (tertiary/aromatic N) is 2. The van der Waals surface area contributed by atoms with Crippen molar-refractivity contribution in [3.8, 4) is 0 Å². The molecular formula is C10H13N3. The highest BCUT2D eigenvalue weighted by Gasteiger charge is 2.45. The Balaban J connectivity index is 1.85. The summed E-state index contributed by atoms with van der Waals surface area (Å²) in [5, 5.41) is 3.39. The smallest absolute Gasteiger partial charge is 0.129 e. The molecule has 3 rings (SSSR count). The summed E-state index contributed by atoms with van der Waals surface area (Å²) in [6.07, 6.45) is 1.89. The molecule has 2 unspecified atom stereocenters. The third-order valence-electron chi connectivity index (χ3n) is 3.04. The van der Waals surface area contributed by atoms with Gasteiger partial charge >= 0.3 is 0 Å². The number of pyridine rings is 1. The van der Waals surface area contributed by atoms with Crippen LogP contribution in [0.5, 0.6) is 0 Å². The predicted octanol–water partition coefficient (Wildman–Crippen LogP) is 0.550. The number of anilines is 1. The van der Waals surface area contributed by atoms with Gasteiger partial charge in [-0.15, -0.1) is 0 Å². The van der Waals surface area contributed by atoms with E-state index in [2.05, 4.69) is 28.2 Å². The van der Waals surface area contributed by atoms with Crippen LogP contribution in [0.2, 0.25) is 0 Å². The third-order valence-corrected chi connectivity index (χ3v) is 3.04. The summed E-state index contributed by atoms with van der Waals surface area (Å²) in [5.74, 6) is 1.14. The van der Waals surface area contributed by atoms with Gasteiger partial charge in [0.1, 0.15) is 5.82 Å². The van der Waals surface area contributed by atoms with E-state index in [0.29, 0.717) is 6.04 Å². The first-order chi connectivity index (χ1) is 6.34. The van der Waals surface area contributed by atoms with Crippen molar-refractivity contribution >= 4 is 5.82 Å². The fraction of sp³-hybridized carbons (Fsp3) is 0.500. The topological polar surface area (TPSA) is 28.2 Å². The molecular weight excluding hydrogens is 162 g/mol. The maximum atomic E-state index is 4.38. The first-order valence-corrected chi connectivity index (χ1v) is 4.77. The molecule has 68 valence electrons. The Morgan fingerprint density at radius 2 is 2.54 bits per heavy atom. The molecule has 0 bridgehead atoms. The van der Waals surface area contributed by atoms with Gasteiger partial charge in [0.05, 0.1) is 6.04 Å². The van der Waals surface area contributed by atoms with Gasteiger partial charge in [-0.3, -0.25) is 0 Å². The zero-order valence-electron chi connectivity index (χ0n) is 7.70. The van der Waals surface area contributed by atoms with Crippen molar-refractivity contribution in [3.63, 3.8) is 0 Å². The Morgan fingerprint density at radius 3 is 3.08 bits per heavy atom. The minimum Gasteiger partial charge on any atom is -0.349 e. The number of aryl methyl sites for hydroxylation is 1. The first-order valence-electron chi connectivity index (χ1n) is 4.77. The normalized spacial score (nSPS) is 30.4. The zero-order valence-corrected chi connectivity index (χ0v) is 7.70. The molecule has 2 aliphatic heterocycles. The summed E-state index contributed by atoms with van der Waals surface area (Å²) in [4.78, 5) is 6.76.